The molecule has 1 atom stereocenters. The first-order valence-electron chi connectivity index (χ1n) is 9.25. The van der Waals surface area contributed by atoms with Gasteiger partial charge in [0.2, 0.25) is 0 Å². The third kappa shape index (κ3) is 2.82. The minimum Gasteiger partial charge on any atom is -0.411 e. The van der Waals surface area contributed by atoms with E-state index >= 15 is 0 Å². The lowest BCUT2D eigenvalue weighted by atomic mass is 9.98. The molecule has 1 aliphatic carbocycles. The van der Waals surface area contributed by atoms with Gasteiger partial charge in [-0.1, -0.05) is 23.4 Å². The minimum absolute atomic E-state index is 0.280. The molecule has 0 saturated carbocycles. The van der Waals surface area contributed by atoms with E-state index < -0.39 is 0 Å². The molecule has 6 heteroatoms. The second-order valence-electron chi connectivity index (χ2n) is 7.04. The lowest BCUT2D eigenvalue weighted by molar-refractivity contribution is 0.184. The lowest BCUT2D eigenvalue weighted by Gasteiger charge is -2.07. The van der Waals surface area contributed by atoms with Gasteiger partial charge in [-0.25, -0.2) is 0 Å². The first-order valence-corrected chi connectivity index (χ1v) is 9.25. The molecule has 1 saturated heterocycles. The molecule has 0 amide bonds. The van der Waals surface area contributed by atoms with Crippen molar-refractivity contribution in [2.75, 3.05) is 13.2 Å². The van der Waals surface area contributed by atoms with Crippen molar-refractivity contribution in [1.82, 2.24) is 14.8 Å². The van der Waals surface area contributed by atoms with Crippen LogP contribution in [0, 0.1) is 0 Å². The highest BCUT2D eigenvalue weighted by molar-refractivity contribution is 6.04. The summed E-state index contributed by atoms with van der Waals surface area (Å²) < 4.78 is 7.60. The molecule has 1 N–H and O–H groups in total. The Morgan fingerprint density at radius 2 is 1.96 bits per heavy atom. The molecule has 136 valence electrons. The highest BCUT2D eigenvalue weighted by atomic mass is 16.5. The second kappa shape index (κ2) is 6.63. The maximum absolute atomic E-state index is 9.17. The molecule has 0 bridgehead atoms. The summed E-state index contributed by atoms with van der Waals surface area (Å²) in [4.78, 5) is 4.13. The Morgan fingerprint density at radius 3 is 2.74 bits per heavy atom. The Balaban J connectivity index is 1.63. The van der Waals surface area contributed by atoms with Gasteiger partial charge in [0.15, 0.2) is 0 Å². The summed E-state index contributed by atoms with van der Waals surface area (Å²) in [5, 5.41) is 17.5. The van der Waals surface area contributed by atoms with Crippen LogP contribution < -0.4 is 0 Å². The molecule has 0 spiro atoms. The molecule has 5 rings (SSSR count). The topological polar surface area (TPSA) is 72.5 Å². The predicted octanol–water partition coefficient (Wildman–Crippen LogP) is 3.70. The summed E-state index contributed by atoms with van der Waals surface area (Å²) in [6, 6.07) is 10.6. The molecule has 1 fully saturated rings. The van der Waals surface area contributed by atoms with Crippen molar-refractivity contribution >= 4 is 5.71 Å². The number of hydrogen-bond acceptors (Lipinski definition) is 5. The van der Waals surface area contributed by atoms with Crippen molar-refractivity contribution < 1.29 is 9.94 Å². The SMILES string of the molecule is O/N=C1\CCc2cc(-c3cn([C@H]4CCOC4)nc3-c3ccncc3)ccc21. The normalized spacial score (nSPS) is 20.3. The minimum atomic E-state index is 0.280. The average Bonchev–Trinajstić information content (AvgIpc) is 3.46. The molecule has 2 aromatic heterocycles. The van der Waals surface area contributed by atoms with Gasteiger partial charge in [-0.15, -0.1) is 0 Å². The van der Waals surface area contributed by atoms with Crippen LogP contribution in [0.15, 0.2) is 54.1 Å². The van der Waals surface area contributed by atoms with Gasteiger partial charge in [0.05, 0.1) is 18.4 Å². The van der Waals surface area contributed by atoms with Gasteiger partial charge < -0.3 is 9.94 Å². The number of ether oxygens (including phenoxy) is 1. The van der Waals surface area contributed by atoms with Crippen LogP contribution >= 0.6 is 0 Å². The fraction of sp³-hybridized carbons (Fsp3) is 0.286. The first-order chi connectivity index (χ1) is 13.3. The van der Waals surface area contributed by atoms with Crippen LogP contribution in [0.4, 0.5) is 0 Å². The Bertz CT molecular complexity index is 1000. The van der Waals surface area contributed by atoms with Gasteiger partial charge >= 0.3 is 0 Å². The molecule has 1 aromatic carbocycles. The van der Waals surface area contributed by atoms with Crippen molar-refractivity contribution in [3.05, 3.63) is 60.0 Å². The van der Waals surface area contributed by atoms with E-state index in [1.54, 1.807) is 12.4 Å². The van der Waals surface area contributed by atoms with Crippen LogP contribution in [0.25, 0.3) is 22.4 Å². The van der Waals surface area contributed by atoms with E-state index in [1.807, 2.05) is 16.8 Å². The summed E-state index contributed by atoms with van der Waals surface area (Å²) in [6.45, 7) is 1.49. The summed E-state index contributed by atoms with van der Waals surface area (Å²) in [5.74, 6) is 0. The Morgan fingerprint density at radius 1 is 1.07 bits per heavy atom. The molecular weight excluding hydrogens is 340 g/mol. The predicted molar refractivity (Wildman–Crippen MR) is 102 cm³/mol. The van der Waals surface area contributed by atoms with Crippen LogP contribution in [0.5, 0.6) is 0 Å². The van der Waals surface area contributed by atoms with Crippen LogP contribution in [0.3, 0.4) is 0 Å². The maximum atomic E-state index is 9.17. The van der Waals surface area contributed by atoms with Crippen LogP contribution in [-0.2, 0) is 11.2 Å². The van der Waals surface area contributed by atoms with E-state index in [0.717, 1.165) is 59.5 Å². The average molecular weight is 360 g/mol. The van der Waals surface area contributed by atoms with E-state index in [0.29, 0.717) is 6.61 Å². The first kappa shape index (κ1) is 16.2. The zero-order valence-electron chi connectivity index (χ0n) is 14.9. The summed E-state index contributed by atoms with van der Waals surface area (Å²) >= 11 is 0. The standard InChI is InChI=1S/C21H20N4O2/c26-24-20-4-2-15-11-16(1-3-18(15)20)19-12-25(17-7-10-27-13-17)23-21(19)14-5-8-22-9-6-14/h1,3,5-6,8-9,11-12,17,26H,2,4,7,10,13H2/b24-20+/t17-/m0/s1. The van der Waals surface area contributed by atoms with E-state index in [4.69, 9.17) is 9.84 Å². The number of benzene rings is 1. The molecule has 0 unspecified atom stereocenters. The Hall–Kier alpha value is -2.99. The highest BCUT2D eigenvalue weighted by Crippen LogP contribution is 2.35. The number of hydrogen-bond donors (Lipinski definition) is 1. The van der Waals surface area contributed by atoms with Crippen molar-refractivity contribution in [3.63, 3.8) is 0 Å². The van der Waals surface area contributed by atoms with E-state index in [-0.39, 0.29) is 6.04 Å². The van der Waals surface area contributed by atoms with Gasteiger partial charge in [-0.3, -0.25) is 9.67 Å². The van der Waals surface area contributed by atoms with Crippen LogP contribution in [0.2, 0.25) is 0 Å². The quantitative estimate of drug-likeness (QED) is 0.571. The Kier molecular flexibility index (Phi) is 3.98. The molecule has 3 heterocycles. The summed E-state index contributed by atoms with van der Waals surface area (Å²) in [5.41, 5.74) is 7.27. The molecule has 6 nitrogen and oxygen atoms in total. The highest BCUT2D eigenvalue weighted by Gasteiger charge is 2.23. The van der Waals surface area contributed by atoms with Gasteiger partial charge in [0, 0.05) is 41.9 Å². The maximum Gasteiger partial charge on any atom is 0.100 e. The van der Waals surface area contributed by atoms with Crippen molar-refractivity contribution in [3.8, 4) is 22.4 Å². The number of nitrogens with zero attached hydrogens (tertiary/aromatic N) is 4. The number of rotatable bonds is 3. The third-order valence-corrected chi connectivity index (χ3v) is 5.44. The van der Waals surface area contributed by atoms with Crippen molar-refractivity contribution in [1.29, 1.82) is 0 Å². The van der Waals surface area contributed by atoms with E-state index in [9.17, 15) is 5.21 Å². The molecular formula is C21H20N4O2. The van der Waals surface area contributed by atoms with E-state index in [2.05, 4.69) is 34.5 Å². The summed E-state index contributed by atoms with van der Waals surface area (Å²) in [6.07, 6.45) is 8.39. The smallest absolute Gasteiger partial charge is 0.100 e. The molecule has 27 heavy (non-hydrogen) atoms. The molecule has 0 radical (unpaired) electrons. The van der Waals surface area contributed by atoms with Crippen LogP contribution in [0.1, 0.15) is 30.0 Å². The number of oxime groups is 1. The van der Waals surface area contributed by atoms with Gasteiger partial charge in [0.1, 0.15) is 5.69 Å². The zero-order chi connectivity index (χ0) is 18.2. The monoisotopic (exact) mass is 360 g/mol. The van der Waals surface area contributed by atoms with Gasteiger partial charge in [0.25, 0.3) is 0 Å². The van der Waals surface area contributed by atoms with Gasteiger partial charge in [-0.2, -0.15) is 5.10 Å². The molecule has 3 aromatic rings. The summed E-state index contributed by atoms with van der Waals surface area (Å²) in [7, 11) is 0. The van der Waals surface area contributed by atoms with Crippen molar-refractivity contribution in [2.45, 2.75) is 25.3 Å². The molecule has 2 aliphatic rings. The van der Waals surface area contributed by atoms with Crippen LogP contribution in [-0.4, -0.2) is 38.9 Å². The number of aromatic nitrogens is 3. The Labute approximate surface area is 157 Å². The number of pyridine rings is 1. The van der Waals surface area contributed by atoms with E-state index in [1.165, 1.54) is 5.56 Å². The molecule has 1 aliphatic heterocycles. The number of aryl methyl sites for hydroxylation is 1. The van der Waals surface area contributed by atoms with Gasteiger partial charge in [-0.05, 0) is 42.5 Å². The largest absolute Gasteiger partial charge is 0.411 e. The fourth-order valence-corrected chi connectivity index (χ4v) is 3.98. The fourth-order valence-electron chi connectivity index (χ4n) is 3.98. The lowest BCUT2D eigenvalue weighted by Crippen LogP contribution is -2.08. The zero-order valence-corrected chi connectivity index (χ0v) is 14.9. The third-order valence-electron chi connectivity index (χ3n) is 5.44. The number of fused-ring (bicyclic) bond motifs is 1. The second-order valence-corrected chi connectivity index (χ2v) is 7.04. The van der Waals surface area contributed by atoms with Crippen molar-refractivity contribution in [2.24, 2.45) is 5.16 Å².